The molecule has 0 saturated heterocycles. The van der Waals surface area contributed by atoms with E-state index >= 15 is 0 Å². The number of nitrogens with zero attached hydrogens (tertiary/aromatic N) is 3. The summed E-state index contributed by atoms with van der Waals surface area (Å²) in [7, 11) is 2.92. The van der Waals surface area contributed by atoms with Crippen molar-refractivity contribution >= 4 is 5.82 Å². The lowest BCUT2D eigenvalue weighted by Gasteiger charge is -2.19. The van der Waals surface area contributed by atoms with Crippen LogP contribution in [0.2, 0.25) is 0 Å². The molecule has 0 amide bonds. The van der Waals surface area contributed by atoms with Gasteiger partial charge in [0, 0.05) is 26.6 Å². The van der Waals surface area contributed by atoms with Gasteiger partial charge in [0.25, 0.3) is 5.56 Å². The van der Waals surface area contributed by atoms with Gasteiger partial charge in [-0.3, -0.25) is 13.9 Å². The Labute approximate surface area is 134 Å². The molecule has 1 unspecified atom stereocenters. The summed E-state index contributed by atoms with van der Waals surface area (Å²) in [6, 6.07) is 11.9. The average Bonchev–Trinajstić information content (AvgIpc) is 2.59. The third-order valence-electron chi connectivity index (χ3n) is 4.06. The van der Waals surface area contributed by atoms with Crippen LogP contribution in [0.3, 0.4) is 0 Å². The van der Waals surface area contributed by atoms with E-state index in [9.17, 15) is 14.9 Å². The van der Waals surface area contributed by atoms with Crippen molar-refractivity contribution in [2.24, 2.45) is 14.1 Å². The maximum absolute atomic E-state index is 12.1. The van der Waals surface area contributed by atoms with Gasteiger partial charge >= 0.3 is 5.69 Å². The predicted octanol–water partition coefficient (Wildman–Crippen LogP) is 1.56. The van der Waals surface area contributed by atoms with Crippen molar-refractivity contribution in [1.82, 2.24) is 9.13 Å². The molecule has 0 fully saturated rings. The van der Waals surface area contributed by atoms with E-state index in [1.807, 2.05) is 36.4 Å². The van der Waals surface area contributed by atoms with Gasteiger partial charge in [0.05, 0.1) is 0 Å². The highest BCUT2D eigenvalue weighted by atomic mass is 16.2. The largest absolute Gasteiger partial charge is 0.369 e. The molecule has 6 nitrogen and oxygen atoms in total. The first-order chi connectivity index (χ1) is 11.0. The summed E-state index contributed by atoms with van der Waals surface area (Å²) in [6.45, 7) is 2.61. The number of aromatic nitrogens is 2. The van der Waals surface area contributed by atoms with Gasteiger partial charge in [-0.15, -0.1) is 0 Å². The molecule has 0 aliphatic carbocycles. The average molecular weight is 312 g/mol. The zero-order chi connectivity index (χ0) is 17.0. The van der Waals surface area contributed by atoms with E-state index in [1.165, 1.54) is 17.2 Å². The summed E-state index contributed by atoms with van der Waals surface area (Å²) in [5.74, 6) is 0.497. The highest BCUT2D eigenvalue weighted by molar-refractivity contribution is 5.51. The fourth-order valence-electron chi connectivity index (χ4n) is 2.59. The topological polar surface area (TPSA) is 79.8 Å². The monoisotopic (exact) mass is 312 g/mol. The smallest absolute Gasteiger partial charge is 0.332 e. The van der Waals surface area contributed by atoms with Crippen molar-refractivity contribution in [3.05, 3.63) is 62.3 Å². The van der Waals surface area contributed by atoms with Crippen molar-refractivity contribution in [2.75, 3.05) is 11.9 Å². The number of hydrogen-bond donors (Lipinski definition) is 1. The van der Waals surface area contributed by atoms with Crippen molar-refractivity contribution in [2.45, 2.75) is 19.3 Å². The Hall–Kier alpha value is -2.81. The molecule has 1 aromatic heterocycles. The van der Waals surface area contributed by atoms with Gasteiger partial charge < -0.3 is 5.32 Å². The number of hydrogen-bond acceptors (Lipinski definition) is 4. The standard InChI is InChI=1S/C17H20N4O2/c1-4-12(13-8-6-5-7-9-13)11-19-15-14(10-18)16(22)21(3)17(23)20(15)2/h5-9,12,19H,4,11H2,1-3H3. The van der Waals surface area contributed by atoms with Gasteiger partial charge in [-0.05, 0) is 12.0 Å². The van der Waals surface area contributed by atoms with E-state index in [1.54, 1.807) is 7.05 Å². The molecule has 1 atom stereocenters. The van der Waals surface area contributed by atoms with Crippen LogP contribution in [0.25, 0.3) is 0 Å². The zero-order valence-electron chi connectivity index (χ0n) is 13.5. The third kappa shape index (κ3) is 3.19. The Morgan fingerprint density at radius 2 is 1.83 bits per heavy atom. The van der Waals surface area contributed by atoms with Crippen LogP contribution in [0.1, 0.15) is 30.4 Å². The van der Waals surface area contributed by atoms with E-state index in [4.69, 9.17) is 0 Å². The maximum atomic E-state index is 12.1. The van der Waals surface area contributed by atoms with Gasteiger partial charge in [0.1, 0.15) is 11.9 Å². The van der Waals surface area contributed by atoms with Crippen LogP contribution in [0.15, 0.2) is 39.9 Å². The normalized spacial score (nSPS) is 11.7. The van der Waals surface area contributed by atoms with E-state index in [0.717, 1.165) is 11.0 Å². The third-order valence-corrected chi connectivity index (χ3v) is 4.06. The quantitative estimate of drug-likeness (QED) is 0.908. The summed E-state index contributed by atoms with van der Waals surface area (Å²) < 4.78 is 2.25. The van der Waals surface area contributed by atoms with Gasteiger partial charge in [0.15, 0.2) is 5.56 Å². The minimum absolute atomic E-state index is 0.0440. The molecule has 0 bridgehead atoms. The predicted molar refractivity (Wildman–Crippen MR) is 89.6 cm³/mol. The molecule has 0 saturated carbocycles. The molecule has 6 heteroatoms. The SMILES string of the molecule is CCC(CNc1c(C#N)c(=O)n(C)c(=O)n1C)c1ccccc1. The molecule has 23 heavy (non-hydrogen) atoms. The highest BCUT2D eigenvalue weighted by Gasteiger charge is 2.17. The highest BCUT2D eigenvalue weighted by Crippen LogP contribution is 2.20. The molecule has 2 aromatic rings. The summed E-state index contributed by atoms with van der Waals surface area (Å²) in [5.41, 5.74) is 0.0995. The van der Waals surface area contributed by atoms with Crippen LogP contribution >= 0.6 is 0 Å². The van der Waals surface area contributed by atoms with Crippen LogP contribution < -0.4 is 16.6 Å². The van der Waals surface area contributed by atoms with E-state index in [2.05, 4.69) is 12.2 Å². The molecule has 120 valence electrons. The fraction of sp³-hybridized carbons (Fsp3) is 0.353. The lowest BCUT2D eigenvalue weighted by Crippen LogP contribution is -2.40. The summed E-state index contributed by atoms with van der Waals surface area (Å²) in [5, 5.41) is 12.4. The molecule has 2 rings (SSSR count). The van der Waals surface area contributed by atoms with Crippen LogP contribution in [0.5, 0.6) is 0 Å². The molecule has 0 spiro atoms. The zero-order valence-corrected chi connectivity index (χ0v) is 13.5. The van der Waals surface area contributed by atoms with Gasteiger partial charge in [-0.1, -0.05) is 37.3 Å². The molecule has 1 heterocycles. The fourth-order valence-corrected chi connectivity index (χ4v) is 2.59. The number of nitrogens with one attached hydrogen (secondary N) is 1. The molecular formula is C17H20N4O2. The van der Waals surface area contributed by atoms with Crippen molar-refractivity contribution < 1.29 is 0 Å². The summed E-state index contributed by atoms with van der Waals surface area (Å²) in [6.07, 6.45) is 0.900. The Kier molecular flexibility index (Phi) is 5.02. The van der Waals surface area contributed by atoms with Crippen LogP contribution in [-0.2, 0) is 14.1 Å². The molecular weight excluding hydrogens is 292 g/mol. The van der Waals surface area contributed by atoms with Gasteiger partial charge in [0.2, 0.25) is 0 Å². The minimum atomic E-state index is -0.578. The minimum Gasteiger partial charge on any atom is -0.369 e. The number of benzene rings is 1. The molecule has 1 N–H and O–H groups in total. The lowest BCUT2D eigenvalue weighted by molar-refractivity contribution is 0.663. The van der Waals surface area contributed by atoms with Gasteiger partial charge in [-0.2, -0.15) is 5.26 Å². The molecule has 0 aliphatic heterocycles. The second kappa shape index (κ2) is 6.97. The van der Waals surface area contributed by atoms with Crippen LogP contribution in [0.4, 0.5) is 5.82 Å². The summed E-state index contributed by atoms with van der Waals surface area (Å²) in [4.78, 5) is 24.1. The lowest BCUT2D eigenvalue weighted by atomic mass is 9.96. The van der Waals surface area contributed by atoms with Crippen molar-refractivity contribution in [1.29, 1.82) is 5.26 Å². The number of rotatable bonds is 5. The molecule has 0 aliphatic rings. The second-order valence-corrected chi connectivity index (χ2v) is 5.44. The van der Waals surface area contributed by atoms with E-state index < -0.39 is 11.2 Å². The first-order valence-corrected chi connectivity index (χ1v) is 7.50. The van der Waals surface area contributed by atoms with E-state index in [0.29, 0.717) is 6.54 Å². The molecule has 1 aromatic carbocycles. The maximum Gasteiger partial charge on any atom is 0.332 e. The molecule has 0 radical (unpaired) electrons. The van der Waals surface area contributed by atoms with Crippen LogP contribution in [0, 0.1) is 11.3 Å². The number of nitriles is 1. The van der Waals surface area contributed by atoms with Crippen LogP contribution in [-0.4, -0.2) is 15.7 Å². The van der Waals surface area contributed by atoms with Crippen molar-refractivity contribution in [3.63, 3.8) is 0 Å². The first-order valence-electron chi connectivity index (χ1n) is 7.50. The Balaban J connectivity index is 2.36. The summed E-state index contributed by atoms with van der Waals surface area (Å²) >= 11 is 0. The number of anilines is 1. The van der Waals surface area contributed by atoms with Crippen molar-refractivity contribution in [3.8, 4) is 6.07 Å². The van der Waals surface area contributed by atoms with E-state index in [-0.39, 0.29) is 17.3 Å². The first kappa shape index (κ1) is 16.6. The Morgan fingerprint density at radius 1 is 1.17 bits per heavy atom. The van der Waals surface area contributed by atoms with Gasteiger partial charge in [-0.25, -0.2) is 4.79 Å². The Morgan fingerprint density at radius 3 is 2.39 bits per heavy atom. The second-order valence-electron chi connectivity index (χ2n) is 5.44. The Bertz CT molecular complexity index is 844.